The monoisotopic (exact) mass is 383 g/mol. The molecule has 3 heterocycles. The lowest BCUT2D eigenvalue weighted by atomic mass is 9.96. The number of nitrogens with zero attached hydrogens (tertiary/aromatic N) is 3. The summed E-state index contributed by atoms with van der Waals surface area (Å²) >= 11 is 1.72. The molecule has 1 aliphatic heterocycles. The van der Waals surface area contributed by atoms with E-state index in [1.807, 2.05) is 23.1 Å². The van der Waals surface area contributed by atoms with Crippen molar-refractivity contribution in [2.75, 3.05) is 18.8 Å². The van der Waals surface area contributed by atoms with Crippen LogP contribution in [0.15, 0.2) is 62.5 Å². The number of benzene rings is 1. The van der Waals surface area contributed by atoms with Gasteiger partial charge in [-0.3, -0.25) is 4.79 Å². The minimum absolute atomic E-state index is 0.198. The van der Waals surface area contributed by atoms with Gasteiger partial charge >= 0.3 is 0 Å². The van der Waals surface area contributed by atoms with Crippen molar-refractivity contribution >= 4 is 17.7 Å². The number of amides is 1. The highest BCUT2D eigenvalue weighted by Crippen LogP contribution is 2.30. The SMILES string of the molecule is O=C(CCSc1ccccc1)N1CCC(c2nnc(-c3ccco3)o2)CC1. The van der Waals surface area contributed by atoms with Crippen molar-refractivity contribution in [2.45, 2.75) is 30.1 Å². The molecule has 4 rings (SSSR count). The van der Waals surface area contributed by atoms with E-state index in [0.717, 1.165) is 31.7 Å². The van der Waals surface area contributed by atoms with Crippen molar-refractivity contribution in [1.82, 2.24) is 15.1 Å². The number of furan rings is 1. The van der Waals surface area contributed by atoms with Crippen molar-refractivity contribution in [3.8, 4) is 11.7 Å². The topological polar surface area (TPSA) is 72.4 Å². The van der Waals surface area contributed by atoms with Crippen LogP contribution in [0.1, 0.15) is 31.1 Å². The lowest BCUT2D eigenvalue weighted by molar-refractivity contribution is -0.131. The molecule has 0 aliphatic carbocycles. The molecule has 3 aromatic rings. The number of hydrogen-bond acceptors (Lipinski definition) is 6. The van der Waals surface area contributed by atoms with Crippen LogP contribution in [0.25, 0.3) is 11.7 Å². The van der Waals surface area contributed by atoms with Gasteiger partial charge in [0.1, 0.15) is 0 Å². The fraction of sp³-hybridized carbons (Fsp3) is 0.350. The summed E-state index contributed by atoms with van der Waals surface area (Å²) in [4.78, 5) is 15.6. The Bertz CT molecular complexity index is 856. The predicted molar refractivity (Wildman–Crippen MR) is 102 cm³/mol. The van der Waals surface area contributed by atoms with E-state index in [9.17, 15) is 4.79 Å². The summed E-state index contributed by atoms with van der Waals surface area (Å²) in [6.45, 7) is 1.47. The van der Waals surface area contributed by atoms with Crippen molar-refractivity contribution in [1.29, 1.82) is 0 Å². The summed E-state index contributed by atoms with van der Waals surface area (Å²) < 4.78 is 11.0. The number of thioether (sulfide) groups is 1. The molecule has 27 heavy (non-hydrogen) atoms. The first-order valence-corrected chi connectivity index (χ1v) is 10.1. The average Bonchev–Trinajstić information content (AvgIpc) is 3.41. The molecule has 0 saturated carbocycles. The molecule has 1 aromatic carbocycles. The number of rotatable bonds is 6. The molecule has 1 amide bonds. The van der Waals surface area contributed by atoms with Gasteiger partial charge in [-0.25, -0.2) is 0 Å². The van der Waals surface area contributed by atoms with Gasteiger partial charge in [-0.1, -0.05) is 18.2 Å². The second-order valence-electron chi connectivity index (χ2n) is 6.49. The second-order valence-corrected chi connectivity index (χ2v) is 7.66. The number of hydrogen-bond donors (Lipinski definition) is 0. The molecule has 6 nitrogen and oxygen atoms in total. The minimum atomic E-state index is 0.198. The molecule has 1 fully saturated rings. The third-order valence-electron chi connectivity index (χ3n) is 4.70. The predicted octanol–water partition coefficient (Wildman–Crippen LogP) is 4.22. The van der Waals surface area contributed by atoms with Gasteiger partial charge in [-0.05, 0) is 37.1 Å². The molecule has 7 heteroatoms. The molecule has 2 aromatic heterocycles. The number of piperidine rings is 1. The fourth-order valence-electron chi connectivity index (χ4n) is 3.21. The summed E-state index contributed by atoms with van der Waals surface area (Å²) in [7, 11) is 0. The molecule has 1 aliphatic rings. The van der Waals surface area contributed by atoms with E-state index in [1.165, 1.54) is 4.90 Å². The Kier molecular flexibility index (Phi) is 5.58. The molecule has 1 saturated heterocycles. The Labute approximate surface area is 162 Å². The molecule has 0 bridgehead atoms. The Morgan fingerprint density at radius 3 is 2.67 bits per heavy atom. The second kappa shape index (κ2) is 8.43. The van der Waals surface area contributed by atoms with Crippen LogP contribution in [0.4, 0.5) is 0 Å². The Morgan fingerprint density at radius 1 is 1.11 bits per heavy atom. The quantitative estimate of drug-likeness (QED) is 0.594. The van der Waals surface area contributed by atoms with E-state index in [2.05, 4.69) is 22.3 Å². The van der Waals surface area contributed by atoms with Gasteiger partial charge in [0.15, 0.2) is 5.76 Å². The Morgan fingerprint density at radius 2 is 1.93 bits per heavy atom. The van der Waals surface area contributed by atoms with E-state index in [-0.39, 0.29) is 11.8 Å². The zero-order chi connectivity index (χ0) is 18.5. The van der Waals surface area contributed by atoms with E-state index in [1.54, 1.807) is 30.2 Å². The average molecular weight is 383 g/mol. The summed E-state index contributed by atoms with van der Waals surface area (Å²) in [5.74, 6) is 2.85. The van der Waals surface area contributed by atoms with Crippen molar-refractivity contribution < 1.29 is 13.6 Å². The standard InChI is InChI=1S/C20H21N3O3S/c24-18(10-14-27-16-5-2-1-3-6-16)23-11-8-15(9-12-23)19-21-22-20(26-19)17-7-4-13-25-17/h1-7,13,15H,8-12,14H2. The zero-order valence-electron chi connectivity index (χ0n) is 14.9. The molecular formula is C20H21N3O3S. The molecular weight excluding hydrogens is 362 g/mol. The van der Waals surface area contributed by atoms with Gasteiger partial charge < -0.3 is 13.7 Å². The number of aromatic nitrogens is 2. The Balaban J connectivity index is 1.24. The molecule has 0 unspecified atom stereocenters. The molecule has 0 radical (unpaired) electrons. The van der Waals surface area contributed by atoms with E-state index in [0.29, 0.717) is 24.0 Å². The van der Waals surface area contributed by atoms with Gasteiger partial charge in [0.2, 0.25) is 11.8 Å². The lowest BCUT2D eigenvalue weighted by Crippen LogP contribution is -2.38. The van der Waals surface area contributed by atoms with Crippen LogP contribution in [-0.2, 0) is 4.79 Å². The molecule has 0 spiro atoms. The van der Waals surface area contributed by atoms with Gasteiger partial charge in [-0.15, -0.1) is 22.0 Å². The maximum Gasteiger partial charge on any atom is 0.283 e. The normalized spacial score (nSPS) is 15.2. The summed E-state index contributed by atoms with van der Waals surface area (Å²) in [6, 6.07) is 13.8. The Hall–Kier alpha value is -2.54. The molecule has 0 atom stereocenters. The molecule has 0 N–H and O–H groups in total. The van der Waals surface area contributed by atoms with Crippen LogP contribution >= 0.6 is 11.8 Å². The van der Waals surface area contributed by atoms with Crippen molar-refractivity contribution in [3.05, 3.63) is 54.6 Å². The zero-order valence-corrected chi connectivity index (χ0v) is 15.7. The van der Waals surface area contributed by atoms with Crippen LogP contribution in [0.3, 0.4) is 0 Å². The number of carbonyl (C=O) groups is 1. The van der Waals surface area contributed by atoms with Gasteiger partial charge in [-0.2, -0.15) is 0 Å². The highest BCUT2D eigenvalue weighted by Gasteiger charge is 2.27. The van der Waals surface area contributed by atoms with Crippen LogP contribution < -0.4 is 0 Å². The van der Waals surface area contributed by atoms with Crippen molar-refractivity contribution in [3.63, 3.8) is 0 Å². The van der Waals surface area contributed by atoms with Gasteiger partial charge in [0.05, 0.1) is 6.26 Å². The van der Waals surface area contributed by atoms with Crippen molar-refractivity contribution in [2.24, 2.45) is 0 Å². The van der Waals surface area contributed by atoms with Crippen LogP contribution in [-0.4, -0.2) is 39.8 Å². The highest BCUT2D eigenvalue weighted by molar-refractivity contribution is 7.99. The lowest BCUT2D eigenvalue weighted by Gasteiger charge is -2.30. The number of carbonyl (C=O) groups excluding carboxylic acids is 1. The first kappa shape index (κ1) is 17.9. The molecule has 140 valence electrons. The van der Waals surface area contributed by atoms with Gasteiger partial charge in [0.25, 0.3) is 5.89 Å². The van der Waals surface area contributed by atoms with Gasteiger partial charge in [0, 0.05) is 36.1 Å². The van der Waals surface area contributed by atoms with Crippen LogP contribution in [0, 0.1) is 0 Å². The van der Waals surface area contributed by atoms with Crippen LogP contribution in [0.5, 0.6) is 0 Å². The first-order chi connectivity index (χ1) is 13.3. The number of likely N-dealkylation sites (tertiary alicyclic amines) is 1. The summed E-state index contributed by atoms with van der Waals surface area (Å²) in [6.07, 6.45) is 3.83. The van der Waals surface area contributed by atoms with E-state index < -0.39 is 0 Å². The van der Waals surface area contributed by atoms with E-state index >= 15 is 0 Å². The third kappa shape index (κ3) is 4.42. The smallest absolute Gasteiger partial charge is 0.283 e. The minimum Gasteiger partial charge on any atom is -0.459 e. The largest absolute Gasteiger partial charge is 0.459 e. The maximum atomic E-state index is 12.4. The summed E-state index contributed by atoms with van der Waals surface area (Å²) in [5.41, 5.74) is 0. The first-order valence-electron chi connectivity index (χ1n) is 9.12. The highest BCUT2D eigenvalue weighted by atomic mass is 32.2. The van der Waals surface area contributed by atoms with E-state index in [4.69, 9.17) is 8.83 Å². The van der Waals surface area contributed by atoms with Crippen LogP contribution in [0.2, 0.25) is 0 Å². The summed E-state index contributed by atoms with van der Waals surface area (Å²) in [5, 5.41) is 8.23. The third-order valence-corrected chi connectivity index (χ3v) is 5.71. The maximum absolute atomic E-state index is 12.4. The fourth-order valence-corrected chi connectivity index (χ4v) is 4.07.